The first-order valence-corrected chi connectivity index (χ1v) is 5.90. The number of carbonyl (C=O) groups excluding carboxylic acids is 2. The highest BCUT2D eigenvalue weighted by Gasteiger charge is 2.23. The standard InChI is InChI=1S/C10H10ClNO2S/c1-6(13)12-3-2-7-8(10(11)14)5-15-9(7)4-12/h5H,2-4H2,1H3. The molecule has 0 saturated heterocycles. The molecule has 0 unspecified atom stereocenters. The van der Waals surface area contributed by atoms with Crippen molar-refractivity contribution >= 4 is 34.1 Å². The van der Waals surface area contributed by atoms with Gasteiger partial charge in [-0.15, -0.1) is 11.3 Å². The molecule has 1 aliphatic heterocycles. The molecule has 5 heteroatoms. The van der Waals surface area contributed by atoms with Crippen molar-refractivity contribution in [2.24, 2.45) is 0 Å². The van der Waals surface area contributed by atoms with Gasteiger partial charge in [-0.25, -0.2) is 0 Å². The average Bonchev–Trinajstić information content (AvgIpc) is 2.59. The van der Waals surface area contributed by atoms with Gasteiger partial charge in [0, 0.05) is 29.3 Å². The molecule has 1 amide bonds. The number of fused-ring (bicyclic) bond motifs is 1. The van der Waals surface area contributed by atoms with E-state index in [1.807, 2.05) is 0 Å². The summed E-state index contributed by atoms with van der Waals surface area (Å²) in [5, 5.41) is 1.38. The number of halogens is 1. The van der Waals surface area contributed by atoms with Crippen LogP contribution >= 0.6 is 22.9 Å². The highest BCUT2D eigenvalue weighted by Crippen LogP contribution is 2.29. The first-order chi connectivity index (χ1) is 7.09. The molecule has 0 atom stereocenters. The Morgan fingerprint density at radius 2 is 2.27 bits per heavy atom. The van der Waals surface area contributed by atoms with Crippen LogP contribution in [0.5, 0.6) is 0 Å². The van der Waals surface area contributed by atoms with Gasteiger partial charge in [-0.3, -0.25) is 9.59 Å². The van der Waals surface area contributed by atoms with Gasteiger partial charge in [0.25, 0.3) is 5.24 Å². The lowest BCUT2D eigenvalue weighted by molar-refractivity contribution is -0.129. The molecular formula is C10H10ClNO2S. The predicted octanol–water partition coefficient (Wildman–Crippen LogP) is 2.03. The van der Waals surface area contributed by atoms with Crippen LogP contribution < -0.4 is 0 Å². The Morgan fingerprint density at radius 1 is 1.53 bits per heavy atom. The number of nitrogens with zero attached hydrogens (tertiary/aromatic N) is 1. The Hall–Kier alpha value is -0.870. The summed E-state index contributed by atoms with van der Waals surface area (Å²) in [6.45, 7) is 2.85. The molecule has 3 nitrogen and oxygen atoms in total. The zero-order valence-electron chi connectivity index (χ0n) is 8.25. The second-order valence-electron chi connectivity index (χ2n) is 3.52. The third kappa shape index (κ3) is 1.92. The van der Waals surface area contributed by atoms with E-state index in [0.29, 0.717) is 18.7 Å². The summed E-state index contributed by atoms with van der Waals surface area (Å²) in [6, 6.07) is 0. The van der Waals surface area contributed by atoms with Crippen LogP contribution in [0.3, 0.4) is 0 Å². The van der Waals surface area contributed by atoms with Crippen molar-refractivity contribution in [1.29, 1.82) is 0 Å². The van der Waals surface area contributed by atoms with Gasteiger partial charge in [0.2, 0.25) is 5.91 Å². The number of rotatable bonds is 1. The van der Waals surface area contributed by atoms with E-state index in [2.05, 4.69) is 0 Å². The molecule has 0 spiro atoms. The van der Waals surface area contributed by atoms with E-state index in [0.717, 1.165) is 16.9 Å². The van der Waals surface area contributed by atoms with E-state index in [1.165, 1.54) is 11.3 Å². The zero-order valence-corrected chi connectivity index (χ0v) is 9.82. The molecule has 2 rings (SSSR count). The quantitative estimate of drug-likeness (QED) is 0.708. The summed E-state index contributed by atoms with van der Waals surface area (Å²) in [4.78, 5) is 25.1. The Balaban J connectivity index is 2.30. The van der Waals surface area contributed by atoms with Crippen LogP contribution in [0.4, 0.5) is 0 Å². The van der Waals surface area contributed by atoms with Crippen molar-refractivity contribution in [3.63, 3.8) is 0 Å². The maximum atomic E-state index is 11.2. The van der Waals surface area contributed by atoms with Crippen LogP contribution in [0, 0.1) is 0 Å². The largest absolute Gasteiger partial charge is 0.337 e. The lowest BCUT2D eigenvalue weighted by Crippen LogP contribution is -2.33. The van der Waals surface area contributed by atoms with Crippen LogP contribution in [0.1, 0.15) is 27.7 Å². The van der Waals surface area contributed by atoms with Crippen LogP contribution in [-0.4, -0.2) is 22.6 Å². The molecule has 0 saturated carbocycles. The fourth-order valence-corrected chi connectivity index (χ4v) is 3.09. The number of carbonyl (C=O) groups is 2. The van der Waals surface area contributed by atoms with Crippen LogP contribution in [0.15, 0.2) is 5.38 Å². The van der Waals surface area contributed by atoms with E-state index < -0.39 is 5.24 Å². The Morgan fingerprint density at radius 3 is 2.87 bits per heavy atom. The molecule has 80 valence electrons. The number of hydrogen-bond acceptors (Lipinski definition) is 3. The van der Waals surface area contributed by atoms with Gasteiger partial charge < -0.3 is 4.90 Å². The Labute approximate surface area is 96.6 Å². The second-order valence-corrected chi connectivity index (χ2v) is 4.82. The average molecular weight is 244 g/mol. The molecule has 1 aliphatic rings. The predicted molar refractivity (Wildman–Crippen MR) is 59.3 cm³/mol. The molecule has 0 aliphatic carbocycles. The van der Waals surface area contributed by atoms with Gasteiger partial charge in [0.1, 0.15) is 0 Å². The molecule has 1 aromatic rings. The fourth-order valence-electron chi connectivity index (χ4n) is 1.76. The van der Waals surface area contributed by atoms with Crippen LogP contribution in [0.25, 0.3) is 0 Å². The van der Waals surface area contributed by atoms with Gasteiger partial charge >= 0.3 is 0 Å². The molecule has 0 aromatic carbocycles. The van der Waals surface area contributed by atoms with Crippen molar-refractivity contribution in [2.75, 3.05) is 6.54 Å². The highest BCUT2D eigenvalue weighted by molar-refractivity contribution is 7.10. The summed E-state index contributed by atoms with van der Waals surface area (Å²) < 4.78 is 0. The van der Waals surface area contributed by atoms with Gasteiger partial charge in [-0.1, -0.05) is 0 Å². The second kappa shape index (κ2) is 3.94. The SMILES string of the molecule is CC(=O)N1CCc2c(C(=O)Cl)csc2C1. The molecule has 0 radical (unpaired) electrons. The normalized spacial score (nSPS) is 14.9. The van der Waals surface area contributed by atoms with Crippen molar-refractivity contribution in [2.45, 2.75) is 19.9 Å². The molecule has 15 heavy (non-hydrogen) atoms. The molecule has 2 heterocycles. The van der Waals surface area contributed by atoms with Crippen molar-refractivity contribution in [1.82, 2.24) is 4.90 Å². The molecule has 1 aromatic heterocycles. The van der Waals surface area contributed by atoms with Crippen molar-refractivity contribution in [3.05, 3.63) is 21.4 Å². The van der Waals surface area contributed by atoms with Gasteiger partial charge in [-0.05, 0) is 23.6 Å². The monoisotopic (exact) mass is 243 g/mol. The third-order valence-electron chi connectivity index (χ3n) is 2.60. The zero-order chi connectivity index (χ0) is 11.0. The summed E-state index contributed by atoms with van der Waals surface area (Å²) in [7, 11) is 0. The summed E-state index contributed by atoms with van der Waals surface area (Å²) in [5.74, 6) is 0.0767. The number of hydrogen-bond donors (Lipinski definition) is 0. The molecule has 0 fully saturated rings. The van der Waals surface area contributed by atoms with E-state index in [4.69, 9.17) is 11.6 Å². The summed E-state index contributed by atoms with van der Waals surface area (Å²) in [5.41, 5.74) is 1.64. The minimum Gasteiger partial charge on any atom is -0.337 e. The van der Waals surface area contributed by atoms with E-state index in [1.54, 1.807) is 17.2 Å². The smallest absolute Gasteiger partial charge is 0.253 e. The molecule has 0 bridgehead atoms. The topological polar surface area (TPSA) is 37.4 Å². The van der Waals surface area contributed by atoms with Gasteiger partial charge in [-0.2, -0.15) is 0 Å². The first kappa shape index (κ1) is 10.6. The number of amides is 1. The summed E-state index contributed by atoms with van der Waals surface area (Å²) in [6.07, 6.45) is 0.728. The van der Waals surface area contributed by atoms with Crippen molar-refractivity contribution in [3.8, 4) is 0 Å². The number of thiophene rings is 1. The fraction of sp³-hybridized carbons (Fsp3) is 0.400. The minimum absolute atomic E-state index is 0.0767. The summed E-state index contributed by atoms with van der Waals surface area (Å²) >= 11 is 6.97. The Bertz CT molecular complexity index is 427. The van der Waals surface area contributed by atoms with Gasteiger partial charge in [0.05, 0.1) is 6.54 Å². The maximum Gasteiger partial charge on any atom is 0.253 e. The van der Waals surface area contributed by atoms with Crippen LogP contribution in [0.2, 0.25) is 0 Å². The van der Waals surface area contributed by atoms with Gasteiger partial charge in [0.15, 0.2) is 0 Å². The highest BCUT2D eigenvalue weighted by atomic mass is 35.5. The third-order valence-corrected chi connectivity index (χ3v) is 3.82. The van der Waals surface area contributed by atoms with Crippen LogP contribution in [-0.2, 0) is 17.8 Å². The van der Waals surface area contributed by atoms with E-state index >= 15 is 0 Å². The van der Waals surface area contributed by atoms with Crippen molar-refractivity contribution < 1.29 is 9.59 Å². The van der Waals surface area contributed by atoms with E-state index in [-0.39, 0.29) is 5.91 Å². The molecule has 0 N–H and O–H groups in total. The van der Waals surface area contributed by atoms with E-state index in [9.17, 15) is 9.59 Å². The Kier molecular flexibility index (Phi) is 2.80. The lowest BCUT2D eigenvalue weighted by Gasteiger charge is -2.25. The minimum atomic E-state index is -0.399. The molecular weight excluding hydrogens is 234 g/mol. The maximum absolute atomic E-state index is 11.2. The lowest BCUT2D eigenvalue weighted by atomic mass is 10.0. The first-order valence-electron chi connectivity index (χ1n) is 4.64.